The quantitative estimate of drug-likeness (QED) is 0.521. The Kier molecular flexibility index (Phi) is 5.22. The zero-order valence-electron chi connectivity index (χ0n) is 15.4. The number of alkyl halides is 2. The van der Waals surface area contributed by atoms with Crippen molar-refractivity contribution in [3.8, 4) is 11.1 Å². The Labute approximate surface area is 166 Å². The van der Waals surface area contributed by atoms with Gasteiger partial charge in [0.1, 0.15) is 10.6 Å². The lowest BCUT2D eigenvalue weighted by Gasteiger charge is -2.22. The van der Waals surface area contributed by atoms with Crippen LogP contribution in [0.5, 0.6) is 0 Å². The second kappa shape index (κ2) is 7.80. The van der Waals surface area contributed by atoms with Crippen LogP contribution in [0.25, 0.3) is 11.1 Å². The molecule has 1 aromatic heterocycles. The SMILES string of the molecule is Cc1nc(C(F)F)c(C(=O)N(Cc2cccc(-c3ccccc3)c2)C2CC2)s1. The van der Waals surface area contributed by atoms with Crippen LogP contribution < -0.4 is 0 Å². The highest BCUT2D eigenvalue weighted by Crippen LogP contribution is 2.34. The molecule has 0 saturated heterocycles. The van der Waals surface area contributed by atoms with Gasteiger partial charge in [0.25, 0.3) is 12.3 Å². The number of amides is 1. The van der Waals surface area contributed by atoms with Crippen LogP contribution in [0.1, 0.15) is 45.2 Å². The molecule has 0 bridgehead atoms. The molecular formula is C22H20F2N2OS. The average Bonchev–Trinajstić information content (AvgIpc) is 3.47. The third-order valence-corrected chi connectivity index (χ3v) is 5.77. The van der Waals surface area contributed by atoms with E-state index < -0.39 is 12.1 Å². The van der Waals surface area contributed by atoms with Crippen molar-refractivity contribution in [2.45, 2.75) is 38.8 Å². The maximum atomic E-state index is 13.3. The maximum absolute atomic E-state index is 13.3. The van der Waals surface area contributed by atoms with Gasteiger partial charge in [-0.3, -0.25) is 4.79 Å². The Bertz CT molecular complexity index is 983. The van der Waals surface area contributed by atoms with E-state index >= 15 is 0 Å². The largest absolute Gasteiger partial charge is 0.331 e. The molecule has 0 spiro atoms. The topological polar surface area (TPSA) is 33.2 Å². The fourth-order valence-electron chi connectivity index (χ4n) is 3.30. The Hall–Kier alpha value is -2.60. The summed E-state index contributed by atoms with van der Waals surface area (Å²) < 4.78 is 26.6. The van der Waals surface area contributed by atoms with Gasteiger partial charge < -0.3 is 4.90 Å². The van der Waals surface area contributed by atoms with Gasteiger partial charge in [0.15, 0.2) is 0 Å². The number of rotatable bonds is 6. The molecule has 1 heterocycles. The lowest BCUT2D eigenvalue weighted by molar-refractivity contribution is 0.0722. The maximum Gasteiger partial charge on any atom is 0.282 e. The molecule has 3 aromatic rings. The van der Waals surface area contributed by atoms with Crippen LogP contribution in [0.4, 0.5) is 8.78 Å². The molecule has 2 aromatic carbocycles. The molecule has 0 N–H and O–H groups in total. The molecule has 4 rings (SSSR count). The molecule has 6 heteroatoms. The first-order chi connectivity index (χ1) is 13.5. The Morgan fingerprint density at radius 2 is 1.86 bits per heavy atom. The molecule has 0 unspecified atom stereocenters. The fourth-order valence-corrected chi connectivity index (χ4v) is 4.19. The van der Waals surface area contributed by atoms with E-state index in [0.717, 1.165) is 40.9 Å². The van der Waals surface area contributed by atoms with Crippen LogP contribution in [0.3, 0.4) is 0 Å². The molecule has 1 saturated carbocycles. The van der Waals surface area contributed by atoms with Gasteiger partial charge in [0.2, 0.25) is 0 Å². The predicted molar refractivity (Wildman–Crippen MR) is 107 cm³/mol. The lowest BCUT2D eigenvalue weighted by Crippen LogP contribution is -2.32. The van der Waals surface area contributed by atoms with Crippen molar-refractivity contribution in [1.29, 1.82) is 0 Å². The molecular weight excluding hydrogens is 378 g/mol. The van der Waals surface area contributed by atoms with Crippen LogP contribution in [-0.4, -0.2) is 21.8 Å². The van der Waals surface area contributed by atoms with Gasteiger partial charge in [-0.2, -0.15) is 0 Å². The number of thiazole rings is 1. The van der Waals surface area contributed by atoms with Gasteiger partial charge in [-0.05, 0) is 42.5 Å². The standard InChI is InChI=1S/C22H20F2N2OS/c1-14-25-19(21(23)24)20(28-14)22(27)26(18-10-11-18)13-15-6-5-9-17(12-15)16-7-3-2-4-8-16/h2-9,12,18,21H,10-11,13H2,1H3. The number of nitrogens with zero attached hydrogens (tertiary/aromatic N) is 2. The number of aromatic nitrogens is 1. The summed E-state index contributed by atoms with van der Waals surface area (Å²) in [6, 6.07) is 18.2. The molecule has 3 nitrogen and oxygen atoms in total. The fraction of sp³-hybridized carbons (Fsp3) is 0.273. The van der Waals surface area contributed by atoms with E-state index in [1.54, 1.807) is 11.8 Å². The zero-order valence-corrected chi connectivity index (χ0v) is 16.3. The minimum absolute atomic E-state index is 0.0682. The Morgan fingerprint density at radius 1 is 1.14 bits per heavy atom. The first-order valence-electron chi connectivity index (χ1n) is 9.23. The summed E-state index contributed by atoms with van der Waals surface area (Å²) in [6.45, 7) is 2.06. The van der Waals surface area contributed by atoms with Crippen molar-refractivity contribution in [3.05, 3.63) is 75.7 Å². The van der Waals surface area contributed by atoms with Gasteiger partial charge >= 0.3 is 0 Å². The zero-order chi connectivity index (χ0) is 19.7. The molecule has 1 aliphatic rings. The third-order valence-electron chi connectivity index (χ3n) is 4.80. The Morgan fingerprint density at radius 3 is 2.54 bits per heavy atom. The van der Waals surface area contributed by atoms with E-state index in [9.17, 15) is 13.6 Å². The van der Waals surface area contributed by atoms with Crippen molar-refractivity contribution < 1.29 is 13.6 Å². The van der Waals surface area contributed by atoms with E-state index in [0.29, 0.717) is 11.6 Å². The Balaban J connectivity index is 1.61. The molecule has 0 atom stereocenters. The molecule has 1 fully saturated rings. The number of aryl methyl sites for hydroxylation is 1. The van der Waals surface area contributed by atoms with E-state index in [1.165, 1.54) is 0 Å². The highest BCUT2D eigenvalue weighted by Gasteiger charge is 2.36. The monoisotopic (exact) mass is 398 g/mol. The molecule has 1 amide bonds. The van der Waals surface area contributed by atoms with Crippen LogP contribution in [-0.2, 0) is 6.54 Å². The van der Waals surface area contributed by atoms with E-state index in [4.69, 9.17) is 0 Å². The minimum Gasteiger partial charge on any atom is -0.331 e. The smallest absolute Gasteiger partial charge is 0.282 e. The first-order valence-corrected chi connectivity index (χ1v) is 10.1. The van der Waals surface area contributed by atoms with Gasteiger partial charge in [0.05, 0.1) is 5.01 Å². The van der Waals surface area contributed by atoms with Crippen LogP contribution >= 0.6 is 11.3 Å². The summed E-state index contributed by atoms with van der Waals surface area (Å²) >= 11 is 1.05. The number of carbonyl (C=O) groups is 1. The highest BCUT2D eigenvalue weighted by atomic mass is 32.1. The van der Waals surface area contributed by atoms with Gasteiger partial charge in [0, 0.05) is 12.6 Å². The highest BCUT2D eigenvalue weighted by molar-refractivity contribution is 7.13. The predicted octanol–water partition coefficient (Wildman–Crippen LogP) is 5.86. The van der Waals surface area contributed by atoms with Crippen molar-refractivity contribution in [1.82, 2.24) is 9.88 Å². The number of hydrogen-bond donors (Lipinski definition) is 0. The summed E-state index contributed by atoms with van der Waals surface area (Å²) in [5.74, 6) is -0.339. The third kappa shape index (κ3) is 3.97. The van der Waals surface area contributed by atoms with Crippen LogP contribution in [0.15, 0.2) is 54.6 Å². The molecule has 0 aliphatic heterocycles. The minimum atomic E-state index is -2.74. The van der Waals surface area contributed by atoms with Crippen LogP contribution in [0, 0.1) is 6.92 Å². The molecule has 0 radical (unpaired) electrons. The molecule has 28 heavy (non-hydrogen) atoms. The number of benzene rings is 2. The lowest BCUT2D eigenvalue weighted by atomic mass is 10.0. The number of carbonyl (C=O) groups excluding carboxylic acids is 1. The molecule has 144 valence electrons. The first kappa shape index (κ1) is 18.7. The van der Waals surface area contributed by atoms with Crippen LogP contribution in [0.2, 0.25) is 0 Å². The summed E-state index contributed by atoms with van der Waals surface area (Å²) in [5, 5.41) is 0.487. The van der Waals surface area contributed by atoms with Gasteiger partial charge in [-0.15, -0.1) is 11.3 Å². The van der Waals surface area contributed by atoms with Gasteiger partial charge in [-0.25, -0.2) is 13.8 Å². The van der Waals surface area contributed by atoms with E-state index in [-0.39, 0.29) is 16.8 Å². The average molecular weight is 398 g/mol. The van der Waals surface area contributed by atoms with Crippen molar-refractivity contribution >= 4 is 17.2 Å². The van der Waals surface area contributed by atoms with Crippen molar-refractivity contribution in [2.24, 2.45) is 0 Å². The van der Waals surface area contributed by atoms with Crippen molar-refractivity contribution in [2.75, 3.05) is 0 Å². The summed E-state index contributed by atoms with van der Waals surface area (Å²) in [7, 11) is 0. The van der Waals surface area contributed by atoms with Gasteiger partial charge in [-0.1, -0.05) is 48.5 Å². The number of hydrogen-bond acceptors (Lipinski definition) is 3. The summed E-state index contributed by atoms with van der Waals surface area (Å²) in [6.07, 6.45) is -0.927. The normalized spacial score (nSPS) is 13.7. The summed E-state index contributed by atoms with van der Waals surface area (Å²) in [4.78, 5) is 18.8. The van der Waals surface area contributed by atoms with Crippen molar-refractivity contribution in [3.63, 3.8) is 0 Å². The number of halogens is 2. The van der Waals surface area contributed by atoms with E-state index in [2.05, 4.69) is 11.1 Å². The second-order valence-electron chi connectivity index (χ2n) is 6.98. The second-order valence-corrected chi connectivity index (χ2v) is 8.18. The molecule has 1 aliphatic carbocycles. The van der Waals surface area contributed by atoms with E-state index in [1.807, 2.05) is 48.5 Å². The summed E-state index contributed by atoms with van der Waals surface area (Å²) in [5.41, 5.74) is 2.77.